The Bertz CT molecular complexity index is 636. The molecule has 5 heteroatoms. The summed E-state index contributed by atoms with van der Waals surface area (Å²) in [6, 6.07) is 8.54. The minimum absolute atomic E-state index is 0.0340. The topological polar surface area (TPSA) is 65.9 Å². The number of ether oxygens (including phenoxy) is 1. The number of nitrogens with zero attached hydrogens (tertiary/aromatic N) is 1. The van der Waals surface area contributed by atoms with Crippen LogP contribution in [0.2, 0.25) is 0 Å². The molecule has 1 aromatic rings. The summed E-state index contributed by atoms with van der Waals surface area (Å²) in [6.07, 6.45) is 5.72. The summed E-state index contributed by atoms with van der Waals surface area (Å²) < 4.78 is 6.45. The normalized spacial score (nSPS) is 22.0. The predicted molar refractivity (Wildman–Crippen MR) is 106 cm³/mol. The number of aliphatic hydroxyl groups is 1. The quantitative estimate of drug-likeness (QED) is 0.557. The van der Waals surface area contributed by atoms with Crippen LogP contribution in [0.15, 0.2) is 29.3 Å². The maximum absolute atomic E-state index is 9.50. The molecule has 1 spiro atoms. The van der Waals surface area contributed by atoms with E-state index in [-0.39, 0.29) is 23.7 Å². The Morgan fingerprint density at radius 3 is 2.73 bits per heavy atom. The van der Waals surface area contributed by atoms with Gasteiger partial charge in [0.25, 0.3) is 0 Å². The predicted octanol–water partition coefficient (Wildman–Crippen LogP) is 3.40. The smallest absolute Gasteiger partial charge is 0.191 e. The van der Waals surface area contributed by atoms with Crippen LogP contribution in [0.5, 0.6) is 5.75 Å². The van der Waals surface area contributed by atoms with Crippen LogP contribution in [0.1, 0.15) is 64.5 Å². The van der Waals surface area contributed by atoms with E-state index in [2.05, 4.69) is 35.8 Å². The highest BCUT2D eigenvalue weighted by Gasteiger charge is 2.43. The number of aliphatic hydroxyl groups excluding tert-OH is 1. The molecule has 1 fully saturated rings. The number of para-hydroxylation sites is 1. The van der Waals surface area contributed by atoms with Crippen LogP contribution in [0.3, 0.4) is 0 Å². The van der Waals surface area contributed by atoms with Crippen molar-refractivity contribution >= 4 is 5.96 Å². The zero-order chi connectivity index (χ0) is 18.6. The molecule has 1 unspecified atom stereocenters. The summed E-state index contributed by atoms with van der Waals surface area (Å²) in [5, 5.41) is 16.5. The van der Waals surface area contributed by atoms with Crippen molar-refractivity contribution in [3.05, 3.63) is 29.8 Å². The molecule has 3 N–H and O–H groups in total. The van der Waals surface area contributed by atoms with Crippen LogP contribution in [-0.4, -0.2) is 36.4 Å². The second-order valence-electron chi connectivity index (χ2n) is 8.45. The third-order valence-corrected chi connectivity index (χ3v) is 5.46. The van der Waals surface area contributed by atoms with Gasteiger partial charge in [-0.2, -0.15) is 0 Å². The van der Waals surface area contributed by atoms with Crippen molar-refractivity contribution in [1.29, 1.82) is 0 Å². The average Bonchev–Trinajstić information content (AvgIpc) is 3.07. The molecule has 0 amide bonds. The van der Waals surface area contributed by atoms with Crippen molar-refractivity contribution in [1.82, 2.24) is 10.6 Å². The number of hydrogen-bond donors (Lipinski definition) is 3. The van der Waals surface area contributed by atoms with E-state index in [0.717, 1.165) is 37.5 Å². The Balaban J connectivity index is 1.82. The third-order valence-electron chi connectivity index (χ3n) is 5.46. The molecule has 0 aromatic heterocycles. The summed E-state index contributed by atoms with van der Waals surface area (Å²) in [4.78, 5) is 4.73. The summed E-state index contributed by atoms with van der Waals surface area (Å²) in [5.41, 5.74) is 0.952. The van der Waals surface area contributed by atoms with Crippen LogP contribution >= 0.6 is 0 Å². The van der Waals surface area contributed by atoms with Crippen molar-refractivity contribution in [2.75, 3.05) is 19.7 Å². The summed E-state index contributed by atoms with van der Waals surface area (Å²) in [7, 11) is 0. The molecule has 1 atom stereocenters. The lowest BCUT2D eigenvalue weighted by molar-refractivity contribution is 0.0396. The van der Waals surface area contributed by atoms with Gasteiger partial charge in [0.2, 0.25) is 0 Å². The second-order valence-corrected chi connectivity index (χ2v) is 8.45. The van der Waals surface area contributed by atoms with Gasteiger partial charge in [0.05, 0.1) is 12.6 Å². The van der Waals surface area contributed by atoms with Gasteiger partial charge in [0.15, 0.2) is 5.96 Å². The fourth-order valence-corrected chi connectivity index (χ4v) is 3.90. The molecule has 1 saturated carbocycles. The number of nitrogens with one attached hydrogen (secondary N) is 2. The monoisotopic (exact) mass is 359 g/mol. The molecule has 2 aliphatic rings. The molecule has 1 heterocycles. The van der Waals surface area contributed by atoms with Crippen LogP contribution in [-0.2, 0) is 0 Å². The largest absolute Gasteiger partial charge is 0.487 e. The van der Waals surface area contributed by atoms with Gasteiger partial charge in [-0.05, 0) is 38.7 Å². The number of fused-ring (bicyclic) bond motifs is 1. The first-order valence-corrected chi connectivity index (χ1v) is 9.91. The number of hydrogen-bond acceptors (Lipinski definition) is 3. The third kappa shape index (κ3) is 4.32. The molecule has 0 radical (unpaired) electrons. The fourth-order valence-electron chi connectivity index (χ4n) is 3.90. The number of benzene rings is 1. The maximum atomic E-state index is 9.50. The molecule has 26 heavy (non-hydrogen) atoms. The van der Waals surface area contributed by atoms with E-state index in [0.29, 0.717) is 6.54 Å². The molecule has 5 nitrogen and oxygen atoms in total. The Kier molecular flexibility index (Phi) is 5.76. The zero-order valence-corrected chi connectivity index (χ0v) is 16.3. The molecular weight excluding hydrogens is 326 g/mol. The van der Waals surface area contributed by atoms with Crippen molar-refractivity contribution in [2.45, 2.75) is 64.5 Å². The molecule has 144 valence electrons. The minimum Gasteiger partial charge on any atom is -0.487 e. The van der Waals surface area contributed by atoms with Gasteiger partial charge in [-0.15, -0.1) is 0 Å². The van der Waals surface area contributed by atoms with E-state index in [4.69, 9.17) is 9.73 Å². The first-order valence-electron chi connectivity index (χ1n) is 9.91. The number of aliphatic imine (C=N–C) groups is 1. The summed E-state index contributed by atoms with van der Waals surface area (Å²) in [5.74, 6) is 1.81. The van der Waals surface area contributed by atoms with Crippen LogP contribution in [0.25, 0.3) is 0 Å². The highest BCUT2D eigenvalue weighted by Crippen LogP contribution is 2.46. The molecule has 0 bridgehead atoms. The first-order chi connectivity index (χ1) is 12.5. The van der Waals surface area contributed by atoms with Gasteiger partial charge in [-0.25, -0.2) is 0 Å². The molecular formula is C21H33N3O2. The van der Waals surface area contributed by atoms with Gasteiger partial charge in [0, 0.05) is 30.6 Å². The highest BCUT2D eigenvalue weighted by molar-refractivity contribution is 5.80. The summed E-state index contributed by atoms with van der Waals surface area (Å²) in [6.45, 7) is 7.63. The van der Waals surface area contributed by atoms with E-state index in [1.54, 1.807) is 0 Å². The minimum atomic E-state index is -0.220. The zero-order valence-electron chi connectivity index (χ0n) is 16.3. The van der Waals surface area contributed by atoms with Gasteiger partial charge in [0.1, 0.15) is 11.4 Å². The summed E-state index contributed by atoms with van der Waals surface area (Å²) >= 11 is 0. The Morgan fingerprint density at radius 2 is 2.04 bits per heavy atom. The van der Waals surface area contributed by atoms with Gasteiger partial charge in [-0.3, -0.25) is 4.99 Å². The van der Waals surface area contributed by atoms with Gasteiger partial charge in [-0.1, -0.05) is 32.0 Å². The molecule has 3 rings (SSSR count). The Morgan fingerprint density at radius 1 is 1.31 bits per heavy atom. The van der Waals surface area contributed by atoms with Crippen LogP contribution in [0.4, 0.5) is 0 Å². The average molecular weight is 360 g/mol. The second kappa shape index (κ2) is 7.87. The van der Waals surface area contributed by atoms with Crippen LogP contribution in [0, 0.1) is 5.41 Å². The lowest BCUT2D eigenvalue weighted by Gasteiger charge is -2.40. The maximum Gasteiger partial charge on any atom is 0.191 e. The van der Waals surface area contributed by atoms with E-state index < -0.39 is 0 Å². The van der Waals surface area contributed by atoms with Crippen LogP contribution < -0.4 is 15.4 Å². The molecule has 0 saturated heterocycles. The first kappa shape index (κ1) is 19.0. The lowest BCUT2D eigenvalue weighted by Crippen LogP contribution is -2.47. The van der Waals surface area contributed by atoms with E-state index in [9.17, 15) is 5.11 Å². The van der Waals surface area contributed by atoms with Crippen molar-refractivity contribution < 1.29 is 9.84 Å². The van der Waals surface area contributed by atoms with Gasteiger partial charge >= 0.3 is 0 Å². The van der Waals surface area contributed by atoms with E-state index in [1.807, 2.05) is 19.9 Å². The van der Waals surface area contributed by atoms with E-state index in [1.165, 1.54) is 18.4 Å². The Labute approximate surface area is 157 Å². The number of rotatable bonds is 5. The fraction of sp³-hybridized carbons (Fsp3) is 0.667. The SMILES string of the molecule is CCNC(=NCC(C)(C)CO)NC1CC2(CCCC2)Oc2ccccc21. The lowest BCUT2D eigenvalue weighted by atomic mass is 9.86. The molecule has 1 aromatic carbocycles. The van der Waals surface area contributed by atoms with Crippen molar-refractivity contribution in [3.63, 3.8) is 0 Å². The van der Waals surface area contributed by atoms with Gasteiger partial charge < -0.3 is 20.5 Å². The van der Waals surface area contributed by atoms with Crippen molar-refractivity contribution in [3.8, 4) is 5.75 Å². The van der Waals surface area contributed by atoms with E-state index >= 15 is 0 Å². The molecule has 1 aliphatic heterocycles. The number of guanidine groups is 1. The Hall–Kier alpha value is -1.75. The highest BCUT2D eigenvalue weighted by atomic mass is 16.5. The standard InChI is InChI=1S/C21H33N3O2/c1-4-22-19(23-14-20(2,3)15-25)24-17-13-21(11-7-8-12-21)26-18-10-6-5-9-16(17)18/h5-6,9-10,17,25H,4,7-8,11-15H2,1-3H3,(H2,22,23,24). The molecule has 1 aliphatic carbocycles. The van der Waals surface area contributed by atoms with Crippen molar-refractivity contribution in [2.24, 2.45) is 10.4 Å².